The van der Waals surface area contributed by atoms with Gasteiger partial charge >= 0.3 is 11.9 Å². The fourth-order valence-electron chi connectivity index (χ4n) is 1.81. The fraction of sp³-hybridized carbons (Fsp3) is 0.125. The second-order valence-electron chi connectivity index (χ2n) is 4.15. The summed E-state index contributed by atoms with van der Waals surface area (Å²) in [6.45, 7) is -0.250. The molecule has 6 nitrogen and oxygen atoms in total. The van der Waals surface area contributed by atoms with Gasteiger partial charge in [-0.2, -0.15) is 0 Å². The zero-order valence-electron chi connectivity index (χ0n) is 11.6. The summed E-state index contributed by atoms with van der Waals surface area (Å²) in [5, 5.41) is 33.5. The second-order valence-corrected chi connectivity index (χ2v) is 4.15. The van der Waals surface area contributed by atoms with Gasteiger partial charge in [0.2, 0.25) is 0 Å². The van der Waals surface area contributed by atoms with Gasteiger partial charge in [0.1, 0.15) is 0 Å². The molecule has 2 aromatic rings. The van der Waals surface area contributed by atoms with Crippen LogP contribution in [-0.4, -0.2) is 45.6 Å². The van der Waals surface area contributed by atoms with Crippen LogP contribution in [0.2, 0.25) is 0 Å². The number of benzene rings is 2. The Morgan fingerprint density at radius 1 is 0.682 bits per heavy atom. The van der Waals surface area contributed by atoms with Gasteiger partial charge in [0.05, 0.1) is 24.3 Å². The molecule has 0 amide bonds. The molecule has 0 aliphatic carbocycles. The summed E-state index contributed by atoms with van der Waals surface area (Å²) in [7, 11) is 0. The van der Waals surface area contributed by atoms with Crippen molar-refractivity contribution in [1.29, 1.82) is 0 Å². The molecule has 0 saturated carbocycles. The number of carboxylic acids is 2. The van der Waals surface area contributed by atoms with Crippen LogP contribution >= 0.6 is 0 Å². The van der Waals surface area contributed by atoms with Gasteiger partial charge in [-0.15, -0.1) is 0 Å². The Hall–Kier alpha value is -2.70. The molecule has 0 aromatic heterocycles. The monoisotopic (exact) mass is 304 g/mol. The lowest BCUT2D eigenvalue weighted by Crippen LogP contribution is -2.03. The molecule has 116 valence electrons. The number of rotatable bonds is 4. The number of aromatic carboxylic acids is 2. The summed E-state index contributed by atoms with van der Waals surface area (Å²) >= 11 is 0. The quantitative estimate of drug-likeness (QED) is 0.683. The van der Waals surface area contributed by atoms with Crippen LogP contribution in [0.1, 0.15) is 20.7 Å². The molecule has 0 aliphatic rings. The third-order valence-corrected chi connectivity index (χ3v) is 2.71. The van der Waals surface area contributed by atoms with Gasteiger partial charge in [0, 0.05) is 0 Å². The predicted molar refractivity (Wildman–Crippen MR) is 80.0 cm³/mol. The zero-order chi connectivity index (χ0) is 16.5. The standard InChI is InChI=1S/C14H10O4.C2H6O2/c15-13(16)11-7-3-1-5-9(11)10-6-2-4-8-12(10)14(17)18;3-1-2-4/h1-8H,(H,15,16)(H,17,18);3-4H,1-2H2. The minimum Gasteiger partial charge on any atom is -0.478 e. The van der Waals surface area contributed by atoms with Gasteiger partial charge in [0.15, 0.2) is 0 Å². The summed E-state index contributed by atoms with van der Waals surface area (Å²) in [6, 6.07) is 12.7. The predicted octanol–water partition coefficient (Wildman–Crippen LogP) is 1.72. The van der Waals surface area contributed by atoms with E-state index in [0.29, 0.717) is 11.1 Å². The van der Waals surface area contributed by atoms with Gasteiger partial charge < -0.3 is 20.4 Å². The Balaban J connectivity index is 0.000000541. The fourth-order valence-corrected chi connectivity index (χ4v) is 1.81. The van der Waals surface area contributed by atoms with Gasteiger partial charge in [-0.3, -0.25) is 0 Å². The van der Waals surface area contributed by atoms with E-state index in [-0.39, 0.29) is 24.3 Å². The van der Waals surface area contributed by atoms with Crippen LogP contribution in [-0.2, 0) is 0 Å². The van der Waals surface area contributed by atoms with Crippen molar-refractivity contribution in [2.45, 2.75) is 0 Å². The third-order valence-electron chi connectivity index (χ3n) is 2.71. The van der Waals surface area contributed by atoms with Crippen molar-refractivity contribution in [3.05, 3.63) is 59.7 Å². The molecule has 4 N–H and O–H groups in total. The minimum atomic E-state index is -1.08. The summed E-state index contributed by atoms with van der Waals surface area (Å²) < 4.78 is 0. The highest BCUT2D eigenvalue weighted by Gasteiger charge is 2.16. The molecule has 22 heavy (non-hydrogen) atoms. The van der Waals surface area contributed by atoms with Crippen molar-refractivity contribution < 1.29 is 30.0 Å². The van der Waals surface area contributed by atoms with Crippen molar-refractivity contribution >= 4 is 11.9 Å². The molecule has 0 saturated heterocycles. The summed E-state index contributed by atoms with van der Waals surface area (Å²) in [5.74, 6) is -2.16. The van der Waals surface area contributed by atoms with Gasteiger partial charge in [-0.25, -0.2) is 9.59 Å². The highest BCUT2D eigenvalue weighted by atomic mass is 16.4. The number of carboxylic acid groups (broad SMARTS) is 2. The van der Waals surface area contributed by atoms with E-state index in [1.54, 1.807) is 36.4 Å². The molecule has 0 radical (unpaired) electrons. The SMILES string of the molecule is O=C(O)c1ccccc1-c1ccccc1C(=O)O.OCCO. The van der Waals surface area contributed by atoms with Crippen molar-refractivity contribution in [3.63, 3.8) is 0 Å². The first kappa shape index (κ1) is 17.4. The number of aliphatic hydroxyl groups is 2. The van der Waals surface area contributed by atoms with E-state index in [4.69, 9.17) is 20.4 Å². The molecular formula is C16H16O6. The van der Waals surface area contributed by atoms with Crippen LogP contribution in [0, 0.1) is 0 Å². The summed E-state index contributed by atoms with van der Waals surface area (Å²) in [4.78, 5) is 22.3. The van der Waals surface area contributed by atoms with Crippen LogP contribution in [0.3, 0.4) is 0 Å². The maximum absolute atomic E-state index is 11.1. The Kier molecular flexibility index (Phi) is 6.75. The third kappa shape index (κ3) is 4.41. The smallest absolute Gasteiger partial charge is 0.336 e. The van der Waals surface area contributed by atoms with Gasteiger partial charge in [-0.05, 0) is 23.3 Å². The van der Waals surface area contributed by atoms with Crippen LogP contribution < -0.4 is 0 Å². The number of hydrogen-bond donors (Lipinski definition) is 4. The Labute approximate surface area is 126 Å². The summed E-state index contributed by atoms with van der Waals surface area (Å²) in [6.07, 6.45) is 0. The van der Waals surface area contributed by atoms with Crippen molar-refractivity contribution in [2.75, 3.05) is 13.2 Å². The number of aliphatic hydroxyl groups excluding tert-OH is 2. The molecule has 6 heteroatoms. The van der Waals surface area contributed by atoms with Crippen LogP contribution in [0.25, 0.3) is 11.1 Å². The molecule has 0 aliphatic heterocycles. The van der Waals surface area contributed by atoms with E-state index < -0.39 is 11.9 Å². The van der Waals surface area contributed by atoms with E-state index in [1.165, 1.54) is 12.1 Å². The lowest BCUT2D eigenvalue weighted by atomic mass is 9.95. The Morgan fingerprint density at radius 2 is 1.00 bits per heavy atom. The maximum Gasteiger partial charge on any atom is 0.336 e. The largest absolute Gasteiger partial charge is 0.478 e. The first-order chi connectivity index (χ1) is 10.5. The van der Waals surface area contributed by atoms with E-state index in [0.717, 1.165) is 0 Å². The van der Waals surface area contributed by atoms with Crippen molar-refractivity contribution in [1.82, 2.24) is 0 Å². The topological polar surface area (TPSA) is 115 Å². The molecule has 0 atom stereocenters. The number of hydrogen-bond acceptors (Lipinski definition) is 4. The Bertz CT molecular complexity index is 593. The molecule has 2 aromatic carbocycles. The molecule has 2 rings (SSSR count). The average molecular weight is 304 g/mol. The maximum atomic E-state index is 11.1. The van der Waals surface area contributed by atoms with E-state index in [1.807, 2.05) is 0 Å². The average Bonchev–Trinajstić information content (AvgIpc) is 2.55. The van der Waals surface area contributed by atoms with Crippen molar-refractivity contribution in [3.8, 4) is 11.1 Å². The van der Waals surface area contributed by atoms with E-state index >= 15 is 0 Å². The highest BCUT2D eigenvalue weighted by molar-refractivity contribution is 6.02. The lowest BCUT2D eigenvalue weighted by Gasteiger charge is -2.08. The van der Waals surface area contributed by atoms with E-state index in [2.05, 4.69) is 0 Å². The number of carbonyl (C=O) groups is 2. The van der Waals surface area contributed by atoms with E-state index in [9.17, 15) is 9.59 Å². The minimum absolute atomic E-state index is 0.0891. The Morgan fingerprint density at radius 3 is 1.27 bits per heavy atom. The molecule has 0 bridgehead atoms. The van der Waals surface area contributed by atoms with Gasteiger partial charge in [-0.1, -0.05) is 36.4 Å². The lowest BCUT2D eigenvalue weighted by molar-refractivity contribution is 0.0684. The molecule has 0 spiro atoms. The molecule has 0 heterocycles. The zero-order valence-corrected chi connectivity index (χ0v) is 11.6. The molecule has 0 unspecified atom stereocenters. The summed E-state index contributed by atoms with van der Waals surface area (Å²) in [5.41, 5.74) is 0.989. The normalized spacial score (nSPS) is 9.55. The first-order valence-corrected chi connectivity index (χ1v) is 6.39. The highest BCUT2D eigenvalue weighted by Crippen LogP contribution is 2.27. The molecular weight excluding hydrogens is 288 g/mol. The van der Waals surface area contributed by atoms with Crippen LogP contribution in [0.5, 0.6) is 0 Å². The van der Waals surface area contributed by atoms with Crippen molar-refractivity contribution in [2.24, 2.45) is 0 Å². The van der Waals surface area contributed by atoms with Gasteiger partial charge in [0.25, 0.3) is 0 Å². The van der Waals surface area contributed by atoms with Crippen LogP contribution in [0.15, 0.2) is 48.5 Å². The second kappa shape index (κ2) is 8.56. The molecule has 0 fully saturated rings. The first-order valence-electron chi connectivity index (χ1n) is 6.39. The van der Waals surface area contributed by atoms with Crippen LogP contribution in [0.4, 0.5) is 0 Å².